The lowest BCUT2D eigenvalue weighted by Gasteiger charge is -2.62. The number of fused-ring (bicyclic) bond motifs is 1. The van der Waals surface area contributed by atoms with Crippen molar-refractivity contribution in [2.45, 2.75) is 61.3 Å². The summed E-state index contributed by atoms with van der Waals surface area (Å²) < 4.78 is 13.0. The smallest absolute Gasteiger partial charge is 0.254 e. The van der Waals surface area contributed by atoms with Crippen molar-refractivity contribution in [1.82, 2.24) is 9.80 Å². The van der Waals surface area contributed by atoms with E-state index in [-0.39, 0.29) is 35.0 Å². The molecule has 2 saturated carbocycles. The zero-order valence-corrected chi connectivity index (χ0v) is 20.2. The molecule has 5 heteroatoms. The summed E-state index contributed by atoms with van der Waals surface area (Å²) in [5, 5.41) is 0. The molecule has 6 aliphatic rings. The van der Waals surface area contributed by atoms with Crippen LogP contribution in [0.4, 0.5) is 0 Å². The minimum Gasteiger partial charge on any atom is -0.497 e. The number of hydrogen-bond donors (Lipinski definition) is 0. The van der Waals surface area contributed by atoms with E-state index < -0.39 is 0 Å². The Kier molecular flexibility index (Phi) is 4.03. The molecular formula is C30H32N2O3. The number of likely N-dealkylation sites (tertiary alicyclic amines) is 1. The van der Waals surface area contributed by atoms with Gasteiger partial charge in [-0.3, -0.25) is 4.79 Å². The molecule has 8 rings (SSSR count). The number of benzene rings is 2. The fourth-order valence-electron chi connectivity index (χ4n) is 8.56. The second-order valence-electron chi connectivity index (χ2n) is 11.6. The van der Waals surface area contributed by atoms with Gasteiger partial charge >= 0.3 is 0 Å². The summed E-state index contributed by atoms with van der Waals surface area (Å²) in [4.78, 5) is 18.4. The van der Waals surface area contributed by atoms with Crippen LogP contribution in [0.15, 0.2) is 60.8 Å². The normalized spacial score (nSPS) is 37.7. The number of carbonyl (C=O) groups excluding carboxylic acids is 1. The van der Waals surface area contributed by atoms with Gasteiger partial charge in [-0.1, -0.05) is 30.3 Å². The number of rotatable bonds is 4. The van der Waals surface area contributed by atoms with E-state index in [0.29, 0.717) is 12.6 Å². The van der Waals surface area contributed by atoms with Gasteiger partial charge in [0, 0.05) is 30.6 Å². The zero-order chi connectivity index (χ0) is 23.4. The molecule has 0 N–H and O–H groups in total. The maximum atomic E-state index is 13.6. The van der Waals surface area contributed by atoms with E-state index in [9.17, 15) is 4.79 Å². The molecule has 0 spiro atoms. The van der Waals surface area contributed by atoms with Crippen LogP contribution in [-0.4, -0.2) is 59.7 Å². The first kappa shape index (κ1) is 20.4. The molecule has 2 saturated heterocycles. The molecule has 6 atom stereocenters. The Morgan fingerprint density at radius 2 is 2.00 bits per heavy atom. The second kappa shape index (κ2) is 6.91. The number of ether oxygens (including phenoxy) is 2. The van der Waals surface area contributed by atoms with Crippen LogP contribution in [0.3, 0.4) is 0 Å². The molecule has 35 heavy (non-hydrogen) atoms. The minimum atomic E-state index is -0.219. The number of hydrogen-bond acceptors (Lipinski definition) is 4. The quantitative estimate of drug-likeness (QED) is 0.676. The minimum absolute atomic E-state index is 0.0698. The average molecular weight is 469 g/mol. The SMILES string of the molecule is COc1ccc2c(c1)[C@]13C=CN(CC4CC4)[C@H](C2)[C@]12CC[C@@H]1[C@H]3[C@@H](CN1C(=O)c1ccccc1)O2. The Morgan fingerprint density at radius 3 is 2.80 bits per heavy atom. The number of amides is 1. The summed E-state index contributed by atoms with van der Waals surface area (Å²) >= 11 is 0. The van der Waals surface area contributed by atoms with E-state index >= 15 is 0 Å². The summed E-state index contributed by atoms with van der Waals surface area (Å²) in [6, 6.07) is 17.0. The summed E-state index contributed by atoms with van der Waals surface area (Å²) in [6.07, 6.45) is 10.7. The fraction of sp³-hybridized carbons (Fsp3) is 0.500. The lowest BCUT2D eigenvalue weighted by Crippen LogP contribution is -2.71. The lowest BCUT2D eigenvalue weighted by molar-refractivity contribution is -0.137. The second-order valence-corrected chi connectivity index (χ2v) is 11.6. The van der Waals surface area contributed by atoms with Gasteiger partial charge in [0.05, 0.1) is 24.7 Å². The summed E-state index contributed by atoms with van der Waals surface area (Å²) in [5.41, 5.74) is 3.15. The van der Waals surface area contributed by atoms with Crippen LogP contribution < -0.4 is 4.74 Å². The van der Waals surface area contributed by atoms with Crippen molar-refractivity contribution in [2.24, 2.45) is 11.8 Å². The molecule has 2 aromatic rings. The molecule has 1 amide bonds. The topological polar surface area (TPSA) is 42.0 Å². The van der Waals surface area contributed by atoms with Gasteiger partial charge in [0.15, 0.2) is 0 Å². The first-order chi connectivity index (χ1) is 17.1. The molecule has 180 valence electrons. The molecular weight excluding hydrogens is 436 g/mol. The highest BCUT2D eigenvalue weighted by Crippen LogP contribution is 2.69. The fourth-order valence-corrected chi connectivity index (χ4v) is 8.56. The van der Waals surface area contributed by atoms with Gasteiger partial charge in [-0.2, -0.15) is 0 Å². The third-order valence-corrected chi connectivity index (χ3v) is 10.1. The Bertz CT molecular complexity index is 1240. The first-order valence-electron chi connectivity index (χ1n) is 13.3. The van der Waals surface area contributed by atoms with Crippen molar-refractivity contribution in [3.63, 3.8) is 0 Å². The van der Waals surface area contributed by atoms with E-state index in [1.807, 2.05) is 30.3 Å². The predicted molar refractivity (Wildman–Crippen MR) is 132 cm³/mol. The maximum Gasteiger partial charge on any atom is 0.254 e. The average Bonchev–Trinajstić information content (AvgIpc) is 3.59. The van der Waals surface area contributed by atoms with Crippen LogP contribution in [0.1, 0.15) is 47.2 Å². The third-order valence-electron chi connectivity index (χ3n) is 10.1. The van der Waals surface area contributed by atoms with Crippen molar-refractivity contribution in [3.8, 4) is 5.75 Å². The van der Waals surface area contributed by atoms with E-state index in [4.69, 9.17) is 9.47 Å². The monoisotopic (exact) mass is 468 g/mol. The Morgan fingerprint density at radius 1 is 1.14 bits per heavy atom. The highest BCUT2D eigenvalue weighted by atomic mass is 16.5. The molecule has 3 aliphatic carbocycles. The van der Waals surface area contributed by atoms with Gasteiger partial charge in [-0.25, -0.2) is 0 Å². The summed E-state index contributed by atoms with van der Waals surface area (Å²) in [5.74, 6) is 2.16. The van der Waals surface area contributed by atoms with Gasteiger partial charge in [0.25, 0.3) is 5.91 Å². The molecule has 4 bridgehead atoms. The largest absolute Gasteiger partial charge is 0.497 e. The van der Waals surface area contributed by atoms with Crippen LogP contribution in [0.25, 0.3) is 0 Å². The highest BCUT2D eigenvalue weighted by Gasteiger charge is 2.77. The van der Waals surface area contributed by atoms with Crippen LogP contribution in [-0.2, 0) is 16.6 Å². The molecule has 4 fully saturated rings. The molecule has 3 aliphatic heterocycles. The van der Waals surface area contributed by atoms with Gasteiger partial charge in [0.1, 0.15) is 11.4 Å². The molecule has 5 nitrogen and oxygen atoms in total. The lowest BCUT2D eigenvalue weighted by atomic mass is 9.48. The number of carbonyl (C=O) groups is 1. The molecule has 2 aromatic carbocycles. The van der Waals surface area contributed by atoms with Crippen LogP contribution in [0.2, 0.25) is 0 Å². The van der Waals surface area contributed by atoms with E-state index in [1.165, 1.54) is 24.0 Å². The standard InChI is InChI=1S/C30H32N2O3/c1-34-22-10-9-21-15-26-30-12-11-24-27(25(35-30)18-32(24)28(33)20-5-3-2-4-6-20)29(30,23(21)16-22)13-14-31(26)17-19-7-8-19/h2-6,9-10,13-14,16,19,24-27H,7-8,11-12,15,17-18H2,1H3/t24-,25-,26-,27+,29+,30-/m1/s1. The van der Waals surface area contributed by atoms with Crippen molar-refractivity contribution in [3.05, 3.63) is 77.5 Å². The Labute approximate surface area is 206 Å². The number of methoxy groups -OCH3 is 1. The number of nitrogens with zero attached hydrogens (tertiary/aromatic N) is 2. The molecule has 3 heterocycles. The van der Waals surface area contributed by atoms with Gasteiger partial charge in [-0.15, -0.1) is 0 Å². The highest BCUT2D eigenvalue weighted by molar-refractivity contribution is 5.94. The van der Waals surface area contributed by atoms with E-state index in [0.717, 1.165) is 43.0 Å². The first-order valence-corrected chi connectivity index (χ1v) is 13.3. The molecule has 0 radical (unpaired) electrons. The van der Waals surface area contributed by atoms with E-state index in [2.05, 4.69) is 40.3 Å². The van der Waals surface area contributed by atoms with Crippen LogP contribution >= 0.6 is 0 Å². The van der Waals surface area contributed by atoms with Gasteiger partial charge in [0.2, 0.25) is 0 Å². The van der Waals surface area contributed by atoms with Crippen LogP contribution in [0, 0.1) is 11.8 Å². The van der Waals surface area contributed by atoms with Crippen LogP contribution in [0.5, 0.6) is 5.75 Å². The maximum absolute atomic E-state index is 13.6. The van der Waals surface area contributed by atoms with Crippen molar-refractivity contribution >= 4 is 5.91 Å². The Balaban J connectivity index is 1.28. The van der Waals surface area contributed by atoms with Gasteiger partial charge in [-0.05, 0) is 79.6 Å². The van der Waals surface area contributed by atoms with Crippen molar-refractivity contribution in [1.29, 1.82) is 0 Å². The Hall–Kier alpha value is -2.79. The summed E-state index contributed by atoms with van der Waals surface area (Å²) in [6.45, 7) is 1.83. The van der Waals surface area contributed by atoms with E-state index in [1.54, 1.807) is 7.11 Å². The predicted octanol–water partition coefficient (Wildman–Crippen LogP) is 4.17. The summed E-state index contributed by atoms with van der Waals surface area (Å²) in [7, 11) is 1.75. The zero-order valence-electron chi connectivity index (χ0n) is 20.2. The van der Waals surface area contributed by atoms with Crippen molar-refractivity contribution < 1.29 is 14.3 Å². The molecule has 0 unspecified atom stereocenters. The van der Waals surface area contributed by atoms with Crippen molar-refractivity contribution in [2.75, 3.05) is 20.2 Å². The molecule has 0 aromatic heterocycles. The third kappa shape index (κ3) is 2.50. The van der Waals surface area contributed by atoms with Gasteiger partial charge < -0.3 is 19.3 Å².